The first-order valence-corrected chi connectivity index (χ1v) is 5.04. The van der Waals surface area contributed by atoms with Crippen LogP contribution in [0.4, 0.5) is 0 Å². The molecule has 0 aromatic rings. The molecule has 1 rings (SSSR count). The number of hydrogen-bond donors (Lipinski definition) is 0. The van der Waals surface area contributed by atoms with E-state index in [1.165, 1.54) is 7.11 Å². The van der Waals surface area contributed by atoms with E-state index >= 15 is 0 Å². The molecule has 0 bridgehead atoms. The van der Waals surface area contributed by atoms with Gasteiger partial charge in [0, 0.05) is 26.1 Å². The van der Waals surface area contributed by atoms with Gasteiger partial charge in [0.15, 0.2) is 0 Å². The van der Waals surface area contributed by atoms with Gasteiger partial charge in [-0.2, -0.15) is 5.26 Å². The maximum absolute atomic E-state index is 11.0. The molecule has 5 heteroatoms. The van der Waals surface area contributed by atoms with Crippen LogP contribution in [0.15, 0.2) is 0 Å². The molecule has 1 aliphatic heterocycles. The molecule has 0 amide bonds. The first-order chi connectivity index (χ1) is 7.26. The first-order valence-electron chi connectivity index (χ1n) is 5.04. The number of nitrogens with zero attached hydrogens (tertiary/aromatic N) is 2. The van der Waals surface area contributed by atoms with Gasteiger partial charge in [-0.15, -0.1) is 0 Å². The lowest BCUT2D eigenvalue weighted by molar-refractivity contribution is -0.145. The normalized spacial score (nSPS) is 22.0. The molecule has 5 nitrogen and oxygen atoms in total. The third-order valence-electron chi connectivity index (χ3n) is 2.38. The number of methoxy groups -OCH3 is 1. The second kappa shape index (κ2) is 6.38. The van der Waals surface area contributed by atoms with Crippen LogP contribution in [0.5, 0.6) is 0 Å². The molecule has 0 N–H and O–H groups in total. The third kappa shape index (κ3) is 4.28. The van der Waals surface area contributed by atoms with E-state index in [4.69, 9.17) is 10.00 Å². The molecule has 0 aromatic heterocycles. The van der Waals surface area contributed by atoms with Crippen molar-refractivity contribution in [3.63, 3.8) is 0 Å². The van der Waals surface area contributed by atoms with Crippen molar-refractivity contribution in [1.82, 2.24) is 4.90 Å². The maximum atomic E-state index is 11.0. The Morgan fingerprint density at radius 3 is 3.20 bits per heavy atom. The predicted octanol–water partition coefficient (Wildman–Crippen LogP) is 0.164. The molecule has 0 saturated carbocycles. The lowest BCUT2D eigenvalue weighted by Crippen LogP contribution is -2.43. The molecular weight excluding hydrogens is 196 g/mol. The minimum atomic E-state index is -0.248. The summed E-state index contributed by atoms with van der Waals surface area (Å²) in [5, 5.41) is 8.46. The zero-order chi connectivity index (χ0) is 11.1. The minimum absolute atomic E-state index is 0.0927. The van der Waals surface area contributed by atoms with Gasteiger partial charge in [-0.25, -0.2) is 0 Å². The van der Waals surface area contributed by atoms with Crippen molar-refractivity contribution in [3.05, 3.63) is 0 Å². The van der Waals surface area contributed by atoms with Crippen LogP contribution in [0, 0.1) is 11.3 Å². The molecule has 84 valence electrons. The van der Waals surface area contributed by atoms with E-state index in [1.807, 2.05) is 0 Å². The molecule has 1 saturated heterocycles. The van der Waals surface area contributed by atoms with Crippen LogP contribution < -0.4 is 0 Å². The predicted molar refractivity (Wildman–Crippen MR) is 53.0 cm³/mol. The van der Waals surface area contributed by atoms with Crippen LogP contribution in [0.1, 0.15) is 12.8 Å². The Labute approximate surface area is 89.6 Å². The summed E-state index contributed by atoms with van der Waals surface area (Å²) in [7, 11) is 1.37. The second-order valence-electron chi connectivity index (χ2n) is 3.48. The monoisotopic (exact) mass is 212 g/mol. The van der Waals surface area contributed by atoms with Crippen LogP contribution in [-0.2, 0) is 14.3 Å². The zero-order valence-corrected chi connectivity index (χ0v) is 8.94. The fraction of sp³-hybridized carbons (Fsp3) is 0.800. The smallest absolute Gasteiger partial charge is 0.308 e. The molecule has 0 aromatic carbocycles. The number of ether oxygens (including phenoxy) is 2. The zero-order valence-electron chi connectivity index (χ0n) is 8.94. The summed E-state index contributed by atoms with van der Waals surface area (Å²) in [5.74, 6) is -0.248. The molecule has 0 spiro atoms. The summed E-state index contributed by atoms with van der Waals surface area (Å²) >= 11 is 0. The van der Waals surface area contributed by atoms with Crippen LogP contribution >= 0.6 is 0 Å². The van der Waals surface area contributed by atoms with Gasteiger partial charge in [-0.1, -0.05) is 0 Å². The number of esters is 1. The largest absolute Gasteiger partial charge is 0.469 e. The summed E-state index contributed by atoms with van der Waals surface area (Å²) in [6.07, 6.45) is 0.717. The van der Waals surface area contributed by atoms with Gasteiger partial charge in [0.25, 0.3) is 0 Å². The Hall–Kier alpha value is -1.12. The maximum Gasteiger partial charge on any atom is 0.308 e. The number of carbonyl (C=O) groups is 1. The van der Waals surface area contributed by atoms with Gasteiger partial charge in [0.2, 0.25) is 0 Å². The van der Waals surface area contributed by atoms with E-state index in [0.717, 1.165) is 13.1 Å². The van der Waals surface area contributed by atoms with Gasteiger partial charge < -0.3 is 9.47 Å². The van der Waals surface area contributed by atoms with Gasteiger partial charge in [0.1, 0.15) is 0 Å². The minimum Gasteiger partial charge on any atom is -0.469 e. The molecule has 1 aliphatic rings. The Bertz CT molecular complexity index is 250. The van der Waals surface area contributed by atoms with Crippen molar-refractivity contribution in [1.29, 1.82) is 5.26 Å². The highest BCUT2D eigenvalue weighted by Crippen LogP contribution is 2.09. The number of rotatable bonds is 4. The SMILES string of the molecule is COC(=O)C[C@H]1CN(CCC#N)CCO1. The number of morpholine rings is 1. The molecule has 15 heavy (non-hydrogen) atoms. The summed E-state index contributed by atoms with van der Waals surface area (Å²) in [6.45, 7) is 2.90. The molecule has 1 heterocycles. The van der Waals surface area contributed by atoms with Crippen LogP contribution in [0.25, 0.3) is 0 Å². The highest BCUT2D eigenvalue weighted by Gasteiger charge is 2.22. The van der Waals surface area contributed by atoms with Crippen molar-refractivity contribution >= 4 is 5.97 Å². The summed E-state index contributed by atoms with van der Waals surface area (Å²) < 4.78 is 10.0. The van der Waals surface area contributed by atoms with Crippen LogP contribution in [-0.4, -0.2) is 50.3 Å². The van der Waals surface area contributed by atoms with Gasteiger partial charge >= 0.3 is 5.97 Å². The fourth-order valence-corrected chi connectivity index (χ4v) is 1.58. The van der Waals surface area contributed by atoms with Crippen molar-refractivity contribution in [2.24, 2.45) is 0 Å². The summed E-state index contributed by atoms with van der Waals surface area (Å²) in [5.41, 5.74) is 0. The van der Waals surface area contributed by atoms with Crippen LogP contribution in [0.2, 0.25) is 0 Å². The fourth-order valence-electron chi connectivity index (χ4n) is 1.58. The first kappa shape index (κ1) is 12.0. The number of carbonyl (C=O) groups excluding carboxylic acids is 1. The quantitative estimate of drug-likeness (QED) is 0.621. The van der Waals surface area contributed by atoms with E-state index in [9.17, 15) is 4.79 Å². The topological polar surface area (TPSA) is 62.6 Å². The number of nitriles is 1. The summed E-state index contributed by atoms with van der Waals surface area (Å²) in [6, 6.07) is 2.11. The van der Waals surface area contributed by atoms with E-state index in [-0.39, 0.29) is 12.1 Å². The molecule has 0 unspecified atom stereocenters. The van der Waals surface area contributed by atoms with E-state index in [1.54, 1.807) is 0 Å². The Kier molecular flexibility index (Phi) is 5.08. The van der Waals surface area contributed by atoms with E-state index < -0.39 is 0 Å². The Morgan fingerprint density at radius 1 is 1.73 bits per heavy atom. The van der Waals surface area contributed by atoms with Gasteiger partial charge in [-0.3, -0.25) is 9.69 Å². The molecule has 0 aliphatic carbocycles. The molecule has 1 atom stereocenters. The molecule has 0 radical (unpaired) electrons. The van der Waals surface area contributed by atoms with Crippen molar-refractivity contribution in [3.8, 4) is 6.07 Å². The molecular formula is C10H16N2O3. The van der Waals surface area contributed by atoms with Gasteiger partial charge in [0.05, 0.1) is 32.3 Å². The van der Waals surface area contributed by atoms with Gasteiger partial charge in [-0.05, 0) is 0 Å². The Morgan fingerprint density at radius 2 is 2.53 bits per heavy atom. The lowest BCUT2D eigenvalue weighted by Gasteiger charge is -2.31. The van der Waals surface area contributed by atoms with Crippen LogP contribution in [0.3, 0.4) is 0 Å². The van der Waals surface area contributed by atoms with Crippen molar-refractivity contribution in [2.45, 2.75) is 18.9 Å². The standard InChI is InChI=1S/C10H16N2O3/c1-14-10(13)7-9-8-12(4-2-3-11)5-6-15-9/h9H,2,4-8H2,1H3/t9-/m0/s1. The number of hydrogen-bond acceptors (Lipinski definition) is 5. The van der Waals surface area contributed by atoms with Crippen molar-refractivity contribution in [2.75, 3.05) is 33.4 Å². The Balaban J connectivity index is 2.29. The second-order valence-corrected chi connectivity index (χ2v) is 3.48. The summed E-state index contributed by atoms with van der Waals surface area (Å²) in [4.78, 5) is 13.2. The third-order valence-corrected chi connectivity index (χ3v) is 2.38. The van der Waals surface area contributed by atoms with E-state index in [0.29, 0.717) is 26.0 Å². The van der Waals surface area contributed by atoms with Crippen molar-refractivity contribution < 1.29 is 14.3 Å². The lowest BCUT2D eigenvalue weighted by atomic mass is 10.2. The highest BCUT2D eigenvalue weighted by atomic mass is 16.5. The van der Waals surface area contributed by atoms with E-state index in [2.05, 4.69) is 15.7 Å². The average molecular weight is 212 g/mol. The highest BCUT2D eigenvalue weighted by molar-refractivity contribution is 5.69. The molecule has 1 fully saturated rings. The average Bonchev–Trinajstić information content (AvgIpc) is 2.26.